The second kappa shape index (κ2) is 7.19. The van der Waals surface area contributed by atoms with Crippen LogP contribution in [0.15, 0.2) is 24.5 Å². The fourth-order valence-electron chi connectivity index (χ4n) is 3.99. The zero-order valence-corrected chi connectivity index (χ0v) is 15.6. The largest absolute Gasteiger partial charge is 0.355 e. The van der Waals surface area contributed by atoms with Gasteiger partial charge < -0.3 is 9.88 Å². The van der Waals surface area contributed by atoms with Gasteiger partial charge in [0.2, 0.25) is 5.91 Å². The number of aryl methyl sites for hydroxylation is 2. The molecule has 6 heteroatoms. The van der Waals surface area contributed by atoms with Gasteiger partial charge in [0, 0.05) is 38.9 Å². The third-order valence-corrected chi connectivity index (χ3v) is 5.64. The summed E-state index contributed by atoms with van der Waals surface area (Å²) >= 11 is 0. The average Bonchev–Trinajstić information content (AvgIpc) is 2.94. The number of carbonyl (C=O) groups is 1. The Labute approximate surface area is 154 Å². The quantitative estimate of drug-likeness (QED) is 0.895. The summed E-state index contributed by atoms with van der Waals surface area (Å²) in [6.45, 7) is 5.02. The summed E-state index contributed by atoms with van der Waals surface area (Å²) in [5.41, 5.74) is 4.13. The monoisotopic (exact) mass is 353 g/mol. The Kier molecular flexibility index (Phi) is 4.76. The molecule has 1 fully saturated rings. The lowest BCUT2D eigenvalue weighted by Gasteiger charge is -2.33. The van der Waals surface area contributed by atoms with E-state index in [0.29, 0.717) is 12.5 Å². The van der Waals surface area contributed by atoms with Crippen LogP contribution in [-0.4, -0.2) is 38.4 Å². The molecule has 0 unspecified atom stereocenters. The van der Waals surface area contributed by atoms with Crippen molar-refractivity contribution in [3.63, 3.8) is 0 Å². The second-order valence-corrected chi connectivity index (χ2v) is 7.72. The van der Waals surface area contributed by atoms with Crippen LogP contribution in [0.25, 0.3) is 0 Å². The first kappa shape index (κ1) is 17.2. The molecule has 0 saturated heterocycles. The Hall–Kier alpha value is -2.21. The average molecular weight is 353 g/mol. The first-order valence-corrected chi connectivity index (χ1v) is 9.53. The highest BCUT2D eigenvalue weighted by Gasteiger charge is 2.34. The number of hydrogen-bond acceptors (Lipinski definition) is 4. The molecule has 1 atom stereocenters. The standard InChI is InChI=1S/C20H27N5O/c1-14-5-3-8-16(23-14)10-25-11-17(19-18(12-25)22-13-24(19)2)20(26)21-9-15-6-4-7-15/h3,5,8,13,15,17H,4,6-7,9-12H2,1-2H3,(H,21,26)/t17-/m1/s1. The van der Waals surface area contributed by atoms with E-state index in [9.17, 15) is 4.79 Å². The molecular weight excluding hydrogens is 326 g/mol. The van der Waals surface area contributed by atoms with E-state index in [-0.39, 0.29) is 11.8 Å². The molecule has 6 nitrogen and oxygen atoms in total. The summed E-state index contributed by atoms with van der Waals surface area (Å²) in [4.78, 5) is 24.3. The number of rotatable bonds is 5. The molecule has 1 aliphatic carbocycles. The molecule has 4 rings (SSSR count). The molecule has 1 amide bonds. The van der Waals surface area contributed by atoms with Gasteiger partial charge in [0.1, 0.15) is 0 Å². The van der Waals surface area contributed by atoms with E-state index >= 15 is 0 Å². The minimum atomic E-state index is -0.170. The van der Waals surface area contributed by atoms with Crippen LogP contribution in [0.3, 0.4) is 0 Å². The maximum absolute atomic E-state index is 12.9. The first-order chi connectivity index (χ1) is 12.6. The van der Waals surface area contributed by atoms with Crippen molar-refractivity contribution in [2.24, 2.45) is 13.0 Å². The minimum Gasteiger partial charge on any atom is -0.355 e. The van der Waals surface area contributed by atoms with Crippen molar-refractivity contribution in [1.82, 2.24) is 24.8 Å². The number of carbonyl (C=O) groups excluding carboxylic acids is 1. The zero-order chi connectivity index (χ0) is 18.1. The van der Waals surface area contributed by atoms with Crippen LogP contribution in [0.5, 0.6) is 0 Å². The highest BCUT2D eigenvalue weighted by atomic mass is 16.1. The van der Waals surface area contributed by atoms with Crippen LogP contribution in [0.1, 0.15) is 48.0 Å². The third kappa shape index (κ3) is 3.51. The zero-order valence-electron chi connectivity index (χ0n) is 15.6. The molecule has 26 heavy (non-hydrogen) atoms. The highest BCUT2D eigenvalue weighted by Crippen LogP contribution is 2.29. The fourth-order valence-corrected chi connectivity index (χ4v) is 3.99. The van der Waals surface area contributed by atoms with Crippen molar-refractivity contribution in [2.75, 3.05) is 13.1 Å². The Balaban J connectivity index is 1.50. The van der Waals surface area contributed by atoms with Gasteiger partial charge in [-0.3, -0.25) is 14.7 Å². The van der Waals surface area contributed by atoms with Crippen molar-refractivity contribution >= 4 is 5.91 Å². The van der Waals surface area contributed by atoms with Gasteiger partial charge in [-0.05, 0) is 37.8 Å². The molecule has 138 valence electrons. The Morgan fingerprint density at radius 3 is 2.92 bits per heavy atom. The lowest BCUT2D eigenvalue weighted by atomic mass is 9.85. The van der Waals surface area contributed by atoms with Gasteiger partial charge >= 0.3 is 0 Å². The number of fused-ring (bicyclic) bond motifs is 1. The molecule has 1 N–H and O–H groups in total. The van der Waals surface area contributed by atoms with Crippen molar-refractivity contribution in [2.45, 2.75) is 45.2 Å². The molecule has 3 heterocycles. The van der Waals surface area contributed by atoms with E-state index in [0.717, 1.165) is 42.4 Å². The van der Waals surface area contributed by atoms with Gasteiger partial charge in [-0.25, -0.2) is 4.98 Å². The van der Waals surface area contributed by atoms with Gasteiger partial charge in [0.15, 0.2) is 0 Å². The van der Waals surface area contributed by atoms with Crippen molar-refractivity contribution in [1.29, 1.82) is 0 Å². The number of nitrogens with one attached hydrogen (secondary N) is 1. The third-order valence-electron chi connectivity index (χ3n) is 5.64. The number of hydrogen-bond donors (Lipinski definition) is 1. The highest BCUT2D eigenvalue weighted by molar-refractivity contribution is 5.84. The van der Waals surface area contributed by atoms with E-state index < -0.39 is 0 Å². The minimum absolute atomic E-state index is 0.128. The number of pyridine rings is 1. The normalized spacial score (nSPS) is 20.5. The maximum Gasteiger partial charge on any atom is 0.230 e. The molecule has 2 aromatic rings. The van der Waals surface area contributed by atoms with Gasteiger partial charge in [-0.15, -0.1) is 0 Å². The lowest BCUT2D eigenvalue weighted by molar-refractivity contribution is -0.123. The van der Waals surface area contributed by atoms with Gasteiger partial charge in [-0.2, -0.15) is 0 Å². The van der Waals surface area contributed by atoms with E-state index in [1.165, 1.54) is 19.3 Å². The molecule has 1 saturated carbocycles. The number of amides is 1. The molecule has 0 spiro atoms. The number of aromatic nitrogens is 3. The predicted octanol–water partition coefficient (Wildman–Crippen LogP) is 2.14. The molecule has 0 bridgehead atoms. The topological polar surface area (TPSA) is 63.1 Å². The Morgan fingerprint density at radius 1 is 1.35 bits per heavy atom. The van der Waals surface area contributed by atoms with Crippen LogP contribution in [0.2, 0.25) is 0 Å². The molecule has 1 aliphatic heterocycles. The van der Waals surface area contributed by atoms with Gasteiger partial charge in [0.05, 0.1) is 29.3 Å². The van der Waals surface area contributed by atoms with E-state index in [2.05, 4.69) is 20.2 Å². The molecule has 0 radical (unpaired) electrons. The van der Waals surface area contributed by atoms with Crippen molar-refractivity contribution < 1.29 is 4.79 Å². The van der Waals surface area contributed by atoms with Crippen LogP contribution in [-0.2, 0) is 24.9 Å². The first-order valence-electron chi connectivity index (χ1n) is 9.53. The predicted molar refractivity (Wildman–Crippen MR) is 99.4 cm³/mol. The SMILES string of the molecule is Cc1cccc(CN2Cc3ncn(C)c3[C@H](C(=O)NCC3CCC3)C2)n1. The van der Waals surface area contributed by atoms with E-state index in [1.54, 1.807) is 0 Å². The smallest absolute Gasteiger partial charge is 0.230 e. The number of nitrogens with zero attached hydrogens (tertiary/aromatic N) is 4. The van der Waals surface area contributed by atoms with E-state index in [1.807, 2.05) is 43.1 Å². The van der Waals surface area contributed by atoms with Crippen LogP contribution >= 0.6 is 0 Å². The van der Waals surface area contributed by atoms with Crippen molar-refractivity contribution in [3.8, 4) is 0 Å². The Morgan fingerprint density at radius 2 is 2.19 bits per heavy atom. The summed E-state index contributed by atoms with van der Waals surface area (Å²) in [5, 5.41) is 3.18. The molecule has 0 aromatic carbocycles. The van der Waals surface area contributed by atoms with Crippen LogP contribution in [0.4, 0.5) is 0 Å². The summed E-state index contributed by atoms with van der Waals surface area (Å²) in [7, 11) is 1.98. The molecule has 2 aliphatic rings. The summed E-state index contributed by atoms with van der Waals surface area (Å²) in [6.07, 6.45) is 5.61. The summed E-state index contributed by atoms with van der Waals surface area (Å²) < 4.78 is 2.01. The van der Waals surface area contributed by atoms with Gasteiger partial charge in [0.25, 0.3) is 0 Å². The Bertz CT molecular complexity index is 795. The fraction of sp³-hybridized carbons (Fsp3) is 0.550. The summed E-state index contributed by atoms with van der Waals surface area (Å²) in [5.74, 6) is 0.626. The summed E-state index contributed by atoms with van der Waals surface area (Å²) in [6, 6.07) is 6.09. The van der Waals surface area contributed by atoms with Crippen LogP contribution in [0, 0.1) is 12.8 Å². The van der Waals surface area contributed by atoms with Crippen molar-refractivity contribution in [3.05, 3.63) is 47.3 Å². The lowest BCUT2D eigenvalue weighted by Crippen LogP contribution is -2.43. The van der Waals surface area contributed by atoms with Gasteiger partial charge in [-0.1, -0.05) is 12.5 Å². The maximum atomic E-state index is 12.9. The van der Waals surface area contributed by atoms with Crippen LogP contribution < -0.4 is 5.32 Å². The van der Waals surface area contributed by atoms with E-state index in [4.69, 9.17) is 0 Å². The second-order valence-electron chi connectivity index (χ2n) is 7.72. The molecule has 2 aromatic heterocycles. The number of imidazole rings is 1. The molecular formula is C20H27N5O.